The van der Waals surface area contributed by atoms with Crippen LogP contribution in [0.4, 0.5) is 20.6 Å². The molecule has 0 saturated carbocycles. The second-order valence-electron chi connectivity index (χ2n) is 11.7. The molecule has 0 aliphatic carbocycles. The minimum Gasteiger partial charge on any atom is -0.492 e. The average Bonchev–Trinajstić information content (AvgIpc) is 3.29. The van der Waals surface area contributed by atoms with E-state index < -0.39 is 33.3 Å². The predicted octanol–water partition coefficient (Wildman–Crippen LogP) is 4.47. The van der Waals surface area contributed by atoms with Crippen molar-refractivity contribution in [1.82, 2.24) is 20.3 Å². The maximum absolute atomic E-state index is 14.8. The number of nitrogens with one attached hydrogen (secondary N) is 3. The van der Waals surface area contributed by atoms with E-state index in [2.05, 4.69) is 25.7 Å². The number of carbonyl (C=O) groups excluding carboxylic acids is 2. The van der Waals surface area contributed by atoms with E-state index >= 15 is 0 Å². The first-order chi connectivity index (χ1) is 18.9. The minimum absolute atomic E-state index is 0.0584. The van der Waals surface area contributed by atoms with Crippen LogP contribution in [0.3, 0.4) is 0 Å². The van der Waals surface area contributed by atoms with Gasteiger partial charge in [0.05, 0.1) is 30.9 Å². The number of sulfonamides is 1. The normalized spacial score (nSPS) is 12.0. The molecule has 0 unspecified atom stereocenters. The molecule has 3 rings (SSSR count). The lowest BCUT2D eigenvalue weighted by Crippen LogP contribution is -2.34. The summed E-state index contributed by atoms with van der Waals surface area (Å²) < 4.78 is 52.7. The lowest BCUT2D eigenvalue weighted by molar-refractivity contribution is 0.102. The van der Waals surface area contributed by atoms with Gasteiger partial charge >= 0.3 is 6.09 Å². The molecule has 2 amide bonds. The van der Waals surface area contributed by atoms with Crippen molar-refractivity contribution in [2.24, 2.45) is 5.41 Å². The molecule has 3 aromatic rings. The summed E-state index contributed by atoms with van der Waals surface area (Å²) >= 11 is 0. The molecule has 1 aromatic heterocycles. The van der Waals surface area contributed by atoms with Crippen molar-refractivity contribution in [2.45, 2.75) is 47.0 Å². The van der Waals surface area contributed by atoms with E-state index in [1.165, 1.54) is 25.4 Å². The van der Waals surface area contributed by atoms with Crippen LogP contribution in [0.5, 0.6) is 11.6 Å². The van der Waals surface area contributed by atoms with Crippen LogP contribution in [0.2, 0.25) is 0 Å². The molecule has 12 nitrogen and oxygen atoms in total. The van der Waals surface area contributed by atoms with Gasteiger partial charge in [0.2, 0.25) is 10.0 Å². The van der Waals surface area contributed by atoms with Crippen molar-refractivity contribution >= 4 is 33.4 Å². The standard InChI is InChI=1S/C27H35FN6O6S/c1-26(2,3)15-29-25(36)40-22-14-34(33-31-22)21-11-16(9-10-18(21)28)24(35)30-19-12-17(27(4,5)6)13-20(23(19)39-7)32-41(8,37)38/h9-14,32H,15H2,1-8H3,(H,29,36)(H,30,35). The SMILES string of the molecule is COc1c(NC(=O)c2ccc(F)c(-n3cc(OC(=O)NCC(C)(C)C)nn3)c2)cc(C(C)(C)C)cc1NS(C)(=O)=O. The maximum Gasteiger partial charge on any atom is 0.414 e. The Kier molecular flexibility index (Phi) is 8.96. The third-order valence-corrected chi connectivity index (χ3v) is 6.18. The Bertz CT molecular complexity index is 1560. The molecule has 0 aliphatic heterocycles. The Morgan fingerprint density at radius 1 is 1.05 bits per heavy atom. The van der Waals surface area contributed by atoms with Gasteiger partial charge in [0, 0.05) is 12.1 Å². The fraction of sp³-hybridized carbons (Fsp3) is 0.407. The number of ether oxygens (including phenoxy) is 2. The van der Waals surface area contributed by atoms with Crippen molar-refractivity contribution < 1.29 is 31.9 Å². The van der Waals surface area contributed by atoms with Gasteiger partial charge in [0.25, 0.3) is 11.8 Å². The zero-order valence-corrected chi connectivity index (χ0v) is 25.1. The van der Waals surface area contributed by atoms with Crippen LogP contribution in [-0.4, -0.2) is 55.3 Å². The molecule has 0 saturated heterocycles. The molecule has 14 heteroatoms. The fourth-order valence-corrected chi connectivity index (χ4v) is 4.11. The van der Waals surface area contributed by atoms with Crippen molar-refractivity contribution in [3.8, 4) is 17.3 Å². The molecule has 1 heterocycles. The van der Waals surface area contributed by atoms with E-state index in [0.717, 1.165) is 22.6 Å². The molecule has 0 bridgehead atoms. The Morgan fingerprint density at radius 3 is 2.29 bits per heavy atom. The van der Waals surface area contributed by atoms with E-state index in [-0.39, 0.29) is 39.7 Å². The van der Waals surface area contributed by atoms with Crippen LogP contribution in [0.25, 0.3) is 5.69 Å². The van der Waals surface area contributed by atoms with Crippen molar-refractivity contribution in [3.05, 3.63) is 53.5 Å². The molecule has 2 aromatic carbocycles. The first-order valence-corrected chi connectivity index (χ1v) is 14.4. The number of halogens is 1. The Morgan fingerprint density at radius 2 is 1.71 bits per heavy atom. The summed E-state index contributed by atoms with van der Waals surface area (Å²) in [6.07, 6.45) is 1.47. The lowest BCUT2D eigenvalue weighted by atomic mass is 9.86. The molecule has 41 heavy (non-hydrogen) atoms. The first-order valence-electron chi connectivity index (χ1n) is 12.6. The van der Waals surface area contributed by atoms with Gasteiger partial charge in [-0.3, -0.25) is 9.52 Å². The minimum atomic E-state index is -3.66. The summed E-state index contributed by atoms with van der Waals surface area (Å²) in [6, 6.07) is 6.93. The number of hydrogen-bond acceptors (Lipinski definition) is 8. The second kappa shape index (κ2) is 11.7. The number of methoxy groups -OCH3 is 1. The van der Waals surface area contributed by atoms with Gasteiger partial charge in [0.15, 0.2) is 5.75 Å². The summed E-state index contributed by atoms with van der Waals surface area (Å²) in [5.41, 5.74) is 0.456. The van der Waals surface area contributed by atoms with Crippen molar-refractivity contribution in [1.29, 1.82) is 0 Å². The van der Waals surface area contributed by atoms with Crippen LogP contribution in [0.15, 0.2) is 36.5 Å². The number of amides is 2. The Labute approximate surface area is 238 Å². The molecule has 0 fully saturated rings. The first kappa shape index (κ1) is 31.3. The maximum atomic E-state index is 14.8. The molecular weight excluding hydrogens is 555 g/mol. The van der Waals surface area contributed by atoms with E-state index in [0.29, 0.717) is 6.54 Å². The highest BCUT2D eigenvalue weighted by Gasteiger charge is 2.23. The summed E-state index contributed by atoms with van der Waals surface area (Å²) in [4.78, 5) is 25.3. The molecule has 0 atom stereocenters. The van der Waals surface area contributed by atoms with E-state index in [1.807, 2.05) is 41.5 Å². The third-order valence-electron chi connectivity index (χ3n) is 5.59. The van der Waals surface area contributed by atoms with Crippen LogP contribution in [0.1, 0.15) is 57.5 Å². The fourth-order valence-electron chi connectivity index (χ4n) is 3.56. The highest BCUT2D eigenvalue weighted by molar-refractivity contribution is 7.92. The van der Waals surface area contributed by atoms with Gasteiger partial charge in [0.1, 0.15) is 11.5 Å². The van der Waals surface area contributed by atoms with Crippen molar-refractivity contribution in [3.63, 3.8) is 0 Å². The number of aromatic nitrogens is 3. The summed E-state index contributed by atoms with van der Waals surface area (Å²) in [5.74, 6) is -1.40. The summed E-state index contributed by atoms with van der Waals surface area (Å²) in [5, 5.41) is 12.9. The third kappa shape index (κ3) is 8.64. The number of anilines is 2. The summed E-state index contributed by atoms with van der Waals surface area (Å²) in [7, 11) is -2.32. The molecule has 0 spiro atoms. The Hall–Kier alpha value is -4.20. The number of benzene rings is 2. The zero-order chi connectivity index (χ0) is 30.8. The molecule has 3 N–H and O–H groups in total. The van der Waals surface area contributed by atoms with Crippen LogP contribution < -0.4 is 24.8 Å². The van der Waals surface area contributed by atoms with Crippen LogP contribution in [-0.2, 0) is 15.4 Å². The average molecular weight is 591 g/mol. The van der Waals surface area contributed by atoms with Gasteiger partial charge in [-0.05, 0) is 46.7 Å². The topological polar surface area (TPSA) is 154 Å². The van der Waals surface area contributed by atoms with Gasteiger partial charge in [-0.2, -0.15) is 0 Å². The molecule has 0 radical (unpaired) electrons. The van der Waals surface area contributed by atoms with E-state index in [9.17, 15) is 22.4 Å². The van der Waals surface area contributed by atoms with Crippen LogP contribution in [0, 0.1) is 11.2 Å². The smallest absolute Gasteiger partial charge is 0.414 e. The number of carbonyl (C=O) groups is 2. The zero-order valence-electron chi connectivity index (χ0n) is 24.2. The number of rotatable bonds is 8. The monoisotopic (exact) mass is 590 g/mol. The predicted molar refractivity (Wildman–Crippen MR) is 153 cm³/mol. The van der Waals surface area contributed by atoms with Gasteiger partial charge in [-0.1, -0.05) is 51.9 Å². The number of hydrogen-bond donors (Lipinski definition) is 3. The van der Waals surface area contributed by atoms with Gasteiger partial charge < -0.3 is 20.1 Å². The lowest BCUT2D eigenvalue weighted by Gasteiger charge is -2.24. The van der Waals surface area contributed by atoms with E-state index in [1.54, 1.807) is 12.1 Å². The highest BCUT2D eigenvalue weighted by Crippen LogP contribution is 2.39. The Balaban J connectivity index is 1.90. The molecule has 222 valence electrons. The van der Waals surface area contributed by atoms with E-state index in [4.69, 9.17) is 9.47 Å². The quantitative estimate of drug-likeness (QED) is 0.347. The van der Waals surface area contributed by atoms with Crippen LogP contribution >= 0.6 is 0 Å². The van der Waals surface area contributed by atoms with Gasteiger partial charge in [-0.15, -0.1) is 0 Å². The van der Waals surface area contributed by atoms with Gasteiger partial charge in [-0.25, -0.2) is 22.3 Å². The molecule has 0 aliphatic rings. The summed E-state index contributed by atoms with van der Waals surface area (Å²) in [6.45, 7) is 12.0. The molecular formula is C27H35FN6O6S. The highest BCUT2D eigenvalue weighted by atomic mass is 32.2. The van der Waals surface area contributed by atoms with Crippen molar-refractivity contribution in [2.75, 3.05) is 29.9 Å². The second-order valence-corrected chi connectivity index (χ2v) is 13.4. The number of nitrogens with zero attached hydrogens (tertiary/aromatic N) is 3. The largest absolute Gasteiger partial charge is 0.492 e.